The molecule has 0 amide bonds. The van der Waals surface area contributed by atoms with Gasteiger partial charge in [0.2, 0.25) is 0 Å². The number of furan rings is 2. The first kappa shape index (κ1) is 20.7. The van der Waals surface area contributed by atoms with Gasteiger partial charge in [0.1, 0.15) is 5.76 Å². The van der Waals surface area contributed by atoms with Crippen molar-refractivity contribution in [1.29, 1.82) is 0 Å². The fraction of sp³-hybridized carbons (Fsp3) is 0.320. The Bertz CT molecular complexity index is 935. The number of aryl methyl sites for hydroxylation is 1. The largest absolute Gasteiger partial charge is 0.472 e. The highest BCUT2D eigenvalue weighted by molar-refractivity contribution is 5.92. The highest BCUT2D eigenvalue weighted by atomic mass is 16.5. The summed E-state index contributed by atoms with van der Waals surface area (Å²) in [5, 5.41) is 0. The molecule has 0 saturated carbocycles. The number of hydrogen-bond donors (Lipinski definition) is 0. The van der Waals surface area contributed by atoms with Crippen LogP contribution in [0.15, 0.2) is 87.2 Å². The lowest BCUT2D eigenvalue weighted by atomic mass is 10.0. The standard InChI is InChI=1S/C25H28O4/c1-18(6-4-8-19(2)12-24-13-20(3)25(26)29-24)7-5-9-22-16-28-17-23(22)14-21-10-11-27-15-21/h4,6-7,10-13,15-17,19H,5,8-9,14H2,1-3H3. The number of rotatable bonds is 9. The topological polar surface area (TPSA) is 52.6 Å². The van der Waals surface area contributed by atoms with E-state index in [1.807, 2.05) is 24.7 Å². The van der Waals surface area contributed by atoms with Crippen LogP contribution in [-0.2, 0) is 22.4 Å². The van der Waals surface area contributed by atoms with Crippen molar-refractivity contribution in [3.05, 3.63) is 95.1 Å². The fourth-order valence-corrected chi connectivity index (χ4v) is 3.25. The minimum atomic E-state index is -0.247. The second-order valence-corrected chi connectivity index (χ2v) is 7.62. The highest BCUT2D eigenvalue weighted by Gasteiger charge is 2.17. The van der Waals surface area contributed by atoms with Crippen LogP contribution in [0.2, 0.25) is 0 Å². The average molecular weight is 392 g/mol. The maximum Gasteiger partial charge on any atom is 0.339 e. The molecule has 3 rings (SSSR count). The van der Waals surface area contributed by atoms with Crippen molar-refractivity contribution in [1.82, 2.24) is 0 Å². The molecular weight excluding hydrogens is 364 g/mol. The molecule has 0 spiro atoms. The quantitative estimate of drug-likeness (QED) is 0.370. The summed E-state index contributed by atoms with van der Waals surface area (Å²) in [5.74, 6) is 0.718. The molecule has 0 aromatic carbocycles. The normalized spacial score (nSPS) is 17.2. The van der Waals surface area contributed by atoms with Crippen LogP contribution in [-0.4, -0.2) is 5.97 Å². The zero-order chi connectivity index (χ0) is 20.6. The van der Waals surface area contributed by atoms with E-state index in [-0.39, 0.29) is 5.97 Å². The molecule has 0 aliphatic carbocycles. The van der Waals surface area contributed by atoms with Crippen molar-refractivity contribution in [3.63, 3.8) is 0 Å². The lowest BCUT2D eigenvalue weighted by Gasteiger charge is -2.03. The van der Waals surface area contributed by atoms with Crippen LogP contribution in [0.3, 0.4) is 0 Å². The molecule has 152 valence electrons. The zero-order valence-corrected chi connectivity index (χ0v) is 17.3. The monoisotopic (exact) mass is 392 g/mol. The number of cyclic esters (lactones) is 1. The Labute approximate surface area is 172 Å². The Balaban J connectivity index is 1.44. The summed E-state index contributed by atoms with van der Waals surface area (Å²) in [6.07, 6.45) is 21.2. The fourth-order valence-electron chi connectivity index (χ4n) is 3.25. The third-order valence-corrected chi connectivity index (χ3v) is 4.92. The number of allylic oxidation sites excluding steroid dienone is 6. The van der Waals surface area contributed by atoms with E-state index in [0.717, 1.165) is 31.2 Å². The Morgan fingerprint density at radius 2 is 2.00 bits per heavy atom. The van der Waals surface area contributed by atoms with Gasteiger partial charge >= 0.3 is 5.97 Å². The Kier molecular flexibility index (Phi) is 7.12. The van der Waals surface area contributed by atoms with Gasteiger partial charge in [-0.05, 0) is 73.9 Å². The van der Waals surface area contributed by atoms with Gasteiger partial charge in [0.15, 0.2) is 0 Å². The van der Waals surface area contributed by atoms with Crippen LogP contribution < -0.4 is 0 Å². The van der Waals surface area contributed by atoms with Crippen LogP contribution in [0.25, 0.3) is 0 Å². The van der Waals surface area contributed by atoms with Crippen LogP contribution in [0.1, 0.15) is 50.3 Å². The molecule has 0 radical (unpaired) electrons. The molecule has 3 heterocycles. The van der Waals surface area contributed by atoms with Crippen molar-refractivity contribution in [2.75, 3.05) is 0 Å². The molecule has 29 heavy (non-hydrogen) atoms. The molecule has 0 fully saturated rings. The van der Waals surface area contributed by atoms with E-state index < -0.39 is 0 Å². The summed E-state index contributed by atoms with van der Waals surface area (Å²) < 4.78 is 15.7. The van der Waals surface area contributed by atoms with E-state index in [1.165, 1.54) is 16.7 Å². The Morgan fingerprint density at radius 1 is 1.17 bits per heavy atom. The molecule has 0 saturated heterocycles. The van der Waals surface area contributed by atoms with Crippen molar-refractivity contribution in [2.24, 2.45) is 5.92 Å². The van der Waals surface area contributed by atoms with Gasteiger partial charge in [-0.3, -0.25) is 0 Å². The summed E-state index contributed by atoms with van der Waals surface area (Å²) in [6, 6.07) is 1.98. The molecule has 0 N–H and O–H groups in total. The molecule has 2 aromatic rings. The van der Waals surface area contributed by atoms with E-state index in [4.69, 9.17) is 13.6 Å². The lowest BCUT2D eigenvalue weighted by molar-refractivity contribution is -0.133. The van der Waals surface area contributed by atoms with Crippen LogP contribution in [0.5, 0.6) is 0 Å². The zero-order valence-electron chi connectivity index (χ0n) is 17.3. The maximum absolute atomic E-state index is 11.4. The first-order chi connectivity index (χ1) is 14.0. The molecule has 4 heteroatoms. The minimum absolute atomic E-state index is 0.247. The van der Waals surface area contributed by atoms with Gasteiger partial charge in [0.25, 0.3) is 0 Å². The molecule has 1 unspecified atom stereocenters. The van der Waals surface area contributed by atoms with Gasteiger partial charge < -0.3 is 13.6 Å². The molecule has 2 aromatic heterocycles. The minimum Gasteiger partial charge on any atom is -0.472 e. The Morgan fingerprint density at radius 3 is 2.72 bits per heavy atom. The summed E-state index contributed by atoms with van der Waals surface area (Å²) >= 11 is 0. The smallest absolute Gasteiger partial charge is 0.339 e. The van der Waals surface area contributed by atoms with Crippen LogP contribution >= 0.6 is 0 Å². The van der Waals surface area contributed by atoms with Crippen molar-refractivity contribution >= 4 is 5.97 Å². The van der Waals surface area contributed by atoms with Gasteiger partial charge in [-0.25, -0.2) is 4.79 Å². The van der Waals surface area contributed by atoms with Gasteiger partial charge in [-0.15, -0.1) is 0 Å². The first-order valence-corrected chi connectivity index (χ1v) is 10.0. The molecule has 1 atom stereocenters. The summed E-state index contributed by atoms with van der Waals surface area (Å²) in [5.41, 5.74) is 5.51. The maximum atomic E-state index is 11.4. The van der Waals surface area contributed by atoms with Gasteiger partial charge in [0, 0.05) is 12.0 Å². The molecule has 0 bridgehead atoms. The number of hydrogen-bond acceptors (Lipinski definition) is 4. The summed E-state index contributed by atoms with van der Waals surface area (Å²) in [6.45, 7) is 6.00. The third-order valence-electron chi connectivity index (χ3n) is 4.92. The predicted molar refractivity (Wildman–Crippen MR) is 113 cm³/mol. The van der Waals surface area contributed by atoms with E-state index in [0.29, 0.717) is 17.3 Å². The summed E-state index contributed by atoms with van der Waals surface area (Å²) in [7, 11) is 0. The number of esters is 1. The molecule has 4 nitrogen and oxygen atoms in total. The first-order valence-electron chi connectivity index (χ1n) is 10.0. The van der Waals surface area contributed by atoms with Crippen molar-refractivity contribution in [2.45, 2.75) is 46.5 Å². The van der Waals surface area contributed by atoms with Crippen molar-refractivity contribution in [3.8, 4) is 0 Å². The number of ether oxygens (including phenoxy) is 1. The number of carbonyl (C=O) groups excluding carboxylic acids is 1. The lowest BCUT2D eigenvalue weighted by Crippen LogP contribution is -1.96. The average Bonchev–Trinajstić information content (AvgIpc) is 3.40. The van der Waals surface area contributed by atoms with Gasteiger partial charge in [-0.2, -0.15) is 0 Å². The second-order valence-electron chi connectivity index (χ2n) is 7.62. The third kappa shape index (κ3) is 6.24. The van der Waals surface area contributed by atoms with Crippen molar-refractivity contribution < 1.29 is 18.4 Å². The molecule has 1 aliphatic heterocycles. The van der Waals surface area contributed by atoms with Gasteiger partial charge in [0.05, 0.1) is 25.1 Å². The van der Waals surface area contributed by atoms with E-state index in [2.05, 4.69) is 32.1 Å². The van der Waals surface area contributed by atoms with Crippen LogP contribution in [0, 0.1) is 5.92 Å². The highest BCUT2D eigenvalue weighted by Crippen LogP contribution is 2.20. The van der Waals surface area contributed by atoms with Crippen LogP contribution in [0.4, 0.5) is 0 Å². The second kappa shape index (κ2) is 9.97. The summed E-state index contributed by atoms with van der Waals surface area (Å²) in [4.78, 5) is 11.4. The van der Waals surface area contributed by atoms with Gasteiger partial charge in [-0.1, -0.05) is 30.7 Å². The number of carbonyl (C=O) groups is 1. The Hall–Kier alpha value is -3.01. The molecular formula is C25H28O4. The van der Waals surface area contributed by atoms with E-state index >= 15 is 0 Å². The predicted octanol–water partition coefficient (Wildman–Crippen LogP) is 6.31. The van der Waals surface area contributed by atoms with E-state index in [9.17, 15) is 4.79 Å². The van der Waals surface area contributed by atoms with E-state index in [1.54, 1.807) is 25.5 Å². The molecule has 1 aliphatic rings. The SMILES string of the molecule is CC(C=CCC(C)C=C1C=C(C)C(=O)O1)=CCCc1cocc1Cc1ccoc1.